The molecule has 85 heavy (non-hydrogen) atoms. The lowest BCUT2D eigenvalue weighted by atomic mass is 9.61. The van der Waals surface area contributed by atoms with Gasteiger partial charge in [0.2, 0.25) is 0 Å². The minimum atomic E-state index is -1.72. The summed E-state index contributed by atoms with van der Waals surface area (Å²) in [5.74, 6) is 1.67. The second-order valence-electron chi connectivity index (χ2n) is 26.2. The molecule has 3 heterocycles. The van der Waals surface area contributed by atoms with Crippen molar-refractivity contribution < 1.29 is 13.0 Å². The molecule has 0 fully saturated rings. The van der Waals surface area contributed by atoms with Crippen LogP contribution in [0, 0.1) is 0 Å². The summed E-state index contributed by atoms with van der Waals surface area (Å²) >= 11 is 0. The van der Waals surface area contributed by atoms with Crippen molar-refractivity contribution >= 4 is 44.6 Å². The first-order valence-electron chi connectivity index (χ1n) is 32.6. The van der Waals surface area contributed by atoms with Crippen LogP contribution in [-0.4, -0.2) is 16.2 Å². The molecule has 1 spiro atoms. The van der Waals surface area contributed by atoms with Gasteiger partial charge in [0.25, 0.3) is 0 Å². The lowest BCUT2D eigenvalue weighted by Gasteiger charge is -2.40. The molecule has 0 bridgehead atoms. The molecule has 0 unspecified atom stereocenters. The highest BCUT2D eigenvalue weighted by molar-refractivity contribution is 6.10. The van der Waals surface area contributed by atoms with Gasteiger partial charge in [-0.15, -0.1) is 0 Å². The number of pyridine rings is 1. The maximum atomic E-state index is 9.76. The fraction of sp³-hybridized carbons (Fsp3) is 0.188. The number of aromatic nitrogens is 2. The summed E-state index contributed by atoms with van der Waals surface area (Å²) < 4.78 is 63.9. The van der Waals surface area contributed by atoms with Crippen molar-refractivity contribution in [2.75, 3.05) is 16.5 Å². The molecule has 0 atom stereocenters. The summed E-state index contributed by atoms with van der Waals surface area (Å²) in [6.45, 7) is 20.6. The Bertz CT molecular complexity index is 4920. The number of ether oxygens (including phenoxy) is 1. The molecule has 3 aliphatic rings. The number of benzene rings is 10. The minimum Gasteiger partial charge on any atom is -0.457 e. The van der Waals surface area contributed by atoms with Crippen LogP contribution in [0.2, 0.25) is 0 Å². The monoisotopic (exact) mass is 1110 g/mol. The maximum Gasteiger partial charge on any atom is 0.137 e. The van der Waals surface area contributed by atoms with Crippen molar-refractivity contribution in [3.05, 3.63) is 287 Å². The Kier molecular flexibility index (Phi) is 10.4. The Balaban J connectivity index is 0.899. The number of fused-ring (bicyclic) bond motifs is 13. The molecule has 12 aromatic rings. The van der Waals surface area contributed by atoms with Crippen LogP contribution in [0.5, 0.6) is 11.5 Å². The SMILES string of the molecule is [2H]c1c([2H])c([2H])c2c(c1[2H])c1ccc(Oc3cccc(N4CN(c5c(-c6cc(C(C)(C)C)cc(C(C)(C)C)c6)cccc5-c5cccc6c5-c5ccccc5C65c6ccccc6C([2H])([2H])c6ccccc65)c5ccccc54)c3)cc1n2-c1ccc(C(C)(C)C)cn1. The summed E-state index contributed by atoms with van der Waals surface area (Å²) in [5.41, 5.74) is 19.6. The molecule has 0 amide bonds. The first-order valence-corrected chi connectivity index (χ1v) is 29.6. The lowest BCUT2D eigenvalue weighted by molar-refractivity contribution is 0.483. The number of anilines is 4. The molecule has 10 aromatic carbocycles. The van der Waals surface area contributed by atoms with E-state index in [9.17, 15) is 4.11 Å². The fourth-order valence-corrected chi connectivity index (χ4v) is 13.6. The van der Waals surface area contributed by atoms with E-state index < -0.39 is 11.8 Å². The van der Waals surface area contributed by atoms with Gasteiger partial charge in [-0.1, -0.05) is 232 Å². The molecule has 416 valence electrons. The molecular formula is C80H70N4O. The molecular weight excluding hydrogens is 1030 g/mol. The van der Waals surface area contributed by atoms with Crippen LogP contribution in [0.1, 0.15) is 121 Å². The van der Waals surface area contributed by atoms with Gasteiger partial charge in [0.05, 0.1) is 39.0 Å². The third-order valence-corrected chi connectivity index (χ3v) is 17.9. The number of para-hydroxylation sites is 4. The predicted octanol–water partition coefficient (Wildman–Crippen LogP) is 20.7. The molecule has 0 saturated carbocycles. The number of rotatable bonds is 7. The summed E-state index contributed by atoms with van der Waals surface area (Å²) in [7, 11) is 0. The highest BCUT2D eigenvalue weighted by atomic mass is 16.5. The quantitative estimate of drug-likeness (QED) is 0.159. The van der Waals surface area contributed by atoms with Crippen LogP contribution >= 0.6 is 0 Å². The topological polar surface area (TPSA) is 33.5 Å². The number of hydrogen-bond donors (Lipinski definition) is 0. The lowest BCUT2D eigenvalue weighted by Crippen LogP contribution is -2.34. The van der Waals surface area contributed by atoms with Crippen LogP contribution in [0.15, 0.2) is 237 Å². The molecule has 2 aliphatic carbocycles. The van der Waals surface area contributed by atoms with Crippen molar-refractivity contribution in [1.29, 1.82) is 0 Å². The zero-order valence-electron chi connectivity index (χ0n) is 55.6. The first kappa shape index (κ1) is 46.0. The zero-order chi connectivity index (χ0) is 63.4. The second kappa shape index (κ2) is 19.3. The highest BCUT2D eigenvalue weighted by Gasteiger charge is 2.50. The van der Waals surface area contributed by atoms with E-state index in [4.69, 9.17) is 13.8 Å². The van der Waals surface area contributed by atoms with Crippen molar-refractivity contribution in [3.63, 3.8) is 0 Å². The molecule has 0 saturated heterocycles. The van der Waals surface area contributed by atoms with E-state index >= 15 is 0 Å². The molecule has 0 N–H and O–H groups in total. The van der Waals surface area contributed by atoms with Crippen molar-refractivity contribution in [2.45, 2.75) is 90.3 Å². The molecule has 1 aliphatic heterocycles. The van der Waals surface area contributed by atoms with Gasteiger partial charge >= 0.3 is 0 Å². The Morgan fingerprint density at radius 2 is 1.06 bits per heavy atom. The fourth-order valence-electron chi connectivity index (χ4n) is 13.6. The molecule has 0 radical (unpaired) electrons. The predicted molar refractivity (Wildman–Crippen MR) is 354 cm³/mol. The Labute approximate surface area is 508 Å². The van der Waals surface area contributed by atoms with Crippen LogP contribution in [-0.2, 0) is 28.0 Å². The summed E-state index contributed by atoms with van der Waals surface area (Å²) in [6, 6.07) is 71.5. The first-order chi connectivity index (χ1) is 43.5. The second-order valence-corrected chi connectivity index (χ2v) is 26.2. The summed E-state index contributed by atoms with van der Waals surface area (Å²) in [5, 5.41) is 1.09. The van der Waals surface area contributed by atoms with E-state index in [2.05, 4.69) is 212 Å². The number of nitrogens with zero attached hydrogens (tertiary/aromatic N) is 4. The average Bonchev–Trinajstić information content (AvgIpc) is 1.58. The van der Waals surface area contributed by atoms with E-state index in [1.54, 1.807) is 0 Å². The van der Waals surface area contributed by atoms with E-state index in [1.165, 1.54) is 11.1 Å². The van der Waals surface area contributed by atoms with Gasteiger partial charge in [-0.3, -0.25) is 4.57 Å². The standard InChI is InChI=1S/C80H70N4O/c1-77(2,3)54-39-42-74(81-49-54)84-70-36-17-13-27-61(70)62-41-40-59(48-73(62)84)85-58-26-20-25-57(47-58)82-50-83(72-38-19-18-37-71(72)82)76-60(53-44-55(78(4,5)6)46-56(45-53)79(7,8)9)29-21-31-64(76)63-30-22-35-69-75(63)65-28-12-16-34-68(65)80(69)66-32-14-10-23-51(66)43-52-24-11-15-33-67(52)80/h10-42,44-49H,43,50H2,1-9H3/i13D,17D,27D,36D,43D2. The van der Waals surface area contributed by atoms with Crippen molar-refractivity contribution in [3.8, 4) is 50.7 Å². The van der Waals surface area contributed by atoms with E-state index in [0.717, 1.165) is 83.9 Å². The molecule has 5 nitrogen and oxygen atoms in total. The van der Waals surface area contributed by atoms with Crippen LogP contribution in [0.25, 0.3) is 61.0 Å². The normalized spacial score (nSPS) is 15.7. The molecule has 5 heteroatoms. The van der Waals surface area contributed by atoms with E-state index in [1.807, 2.05) is 77.5 Å². The van der Waals surface area contributed by atoms with E-state index in [0.29, 0.717) is 56.9 Å². The third-order valence-electron chi connectivity index (χ3n) is 17.9. The third kappa shape index (κ3) is 8.37. The Morgan fingerprint density at radius 1 is 0.471 bits per heavy atom. The van der Waals surface area contributed by atoms with Gasteiger partial charge in [0.15, 0.2) is 0 Å². The minimum absolute atomic E-state index is 0.106. The Morgan fingerprint density at radius 3 is 1.76 bits per heavy atom. The van der Waals surface area contributed by atoms with Gasteiger partial charge in [0, 0.05) is 48.7 Å². The maximum absolute atomic E-state index is 9.76. The van der Waals surface area contributed by atoms with E-state index in [-0.39, 0.29) is 40.4 Å². The van der Waals surface area contributed by atoms with Gasteiger partial charge < -0.3 is 14.5 Å². The van der Waals surface area contributed by atoms with Crippen molar-refractivity contribution in [2.24, 2.45) is 0 Å². The summed E-state index contributed by atoms with van der Waals surface area (Å²) in [6.07, 6.45) is 0.122. The van der Waals surface area contributed by atoms with Crippen molar-refractivity contribution in [1.82, 2.24) is 9.55 Å². The zero-order valence-corrected chi connectivity index (χ0v) is 49.6. The highest BCUT2D eigenvalue weighted by Crippen LogP contribution is 2.62. The molecule has 2 aromatic heterocycles. The van der Waals surface area contributed by atoms with Gasteiger partial charge in [0.1, 0.15) is 24.0 Å². The van der Waals surface area contributed by atoms with Crippen LogP contribution in [0.3, 0.4) is 0 Å². The van der Waals surface area contributed by atoms with Gasteiger partial charge in [-0.05, 0) is 143 Å². The average molecular weight is 1110 g/mol. The Hall–Kier alpha value is -9.45. The van der Waals surface area contributed by atoms with Crippen LogP contribution < -0.4 is 14.5 Å². The molecule has 15 rings (SSSR count). The summed E-state index contributed by atoms with van der Waals surface area (Å²) in [4.78, 5) is 9.76. The smallest absolute Gasteiger partial charge is 0.137 e. The largest absolute Gasteiger partial charge is 0.457 e. The van der Waals surface area contributed by atoms with Crippen LogP contribution in [0.4, 0.5) is 22.7 Å². The van der Waals surface area contributed by atoms with Gasteiger partial charge in [-0.25, -0.2) is 4.98 Å². The van der Waals surface area contributed by atoms with Gasteiger partial charge in [-0.2, -0.15) is 0 Å². The number of hydrogen-bond acceptors (Lipinski definition) is 4.